The third kappa shape index (κ3) is 4.02. The molecule has 0 aliphatic heterocycles. The van der Waals surface area contributed by atoms with Gasteiger partial charge in [0.2, 0.25) is 0 Å². The molecular weight excluding hydrogens is 394 g/mol. The Balaban J connectivity index is 2.00. The van der Waals surface area contributed by atoms with Crippen molar-refractivity contribution in [3.05, 3.63) is 69.1 Å². The maximum Gasteiger partial charge on any atom is 0.276 e. The number of aromatic nitrogens is 2. The summed E-state index contributed by atoms with van der Waals surface area (Å²) >= 11 is 3.37. The Bertz CT molecular complexity index is 981. The third-order valence-electron chi connectivity index (χ3n) is 4.16. The third-order valence-corrected chi connectivity index (χ3v) is 4.69. The van der Waals surface area contributed by atoms with Crippen molar-refractivity contribution >= 4 is 38.3 Å². The lowest BCUT2D eigenvalue weighted by molar-refractivity contribution is 0.102. The summed E-state index contributed by atoms with van der Waals surface area (Å²) in [6.45, 7) is 2.61. The van der Waals surface area contributed by atoms with E-state index in [1.54, 1.807) is 36.4 Å². The quantitative estimate of drug-likeness (QED) is 0.600. The van der Waals surface area contributed by atoms with E-state index in [0.717, 1.165) is 23.7 Å². The summed E-state index contributed by atoms with van der Waals surface area (Å²) in [5.74, 6) is -0.326. The van der Waals surface area contributed by atoms with Crippen molar-refractivity contribution in [1.82, 2.24) is 9.78 Å². The first-order chi connectivity index (χ1) is 12.6. The minimum Gasteiger partial charge on any atom is -0.321 e. The molecule has 1 amide bonds. The van der Waals surface area contributed by atoms with Crippen LogP contribution in [0.4, 0.5) is 5.69 Å². The van der Waals surface area contributed by atoms with E-state index >= 15 is 0 Å². The van der Waals surface area contributed by atoms with Gasteiger partial charge < -0.3 is 5.32 Å². The van der Waals surface area contributed by atoms with Gasteiger partial charge >= 0.3 is 0 Å². The number of amides is 1. The number of unbranched alkanes of at least 4 members (excludes halogenated alkanes) is 2. The predicted molar refractivity (Wildman–Crippen MR) is 108 cm³/mol. The van der Waals surface area contributed by atoms with Crippen LogP contribution in [0.15, 0.2) is 57.8 Å². The zero-order chi connectivity index (χ0) is 18.5. The lowest BCUT2D eigenvalue weighted by Gasteiger charge is -2.11. The van der Waals surface area contributed by atoms with Gasteiger partial charge in [0.15, 0.2) is 5.69 Å². The van der Waals surface area contributed by atoms with Gasteiger partial charge in [-0.3, -0.25) is 9.59 Å². The van der Waals surface area contributed by atoms with E-state index in [1.165, 1.54) is 4.68 Å². The van der Waals surface area contributed by atoms with E-state index in [1.807, 2.05) is 12.1 Å². The zero-order valence-electron chi connectivity index (χ0n) is 14.5. The predicted octanol–water partition coefficient (Wildman–Crippen LogP) is 4.60. The summed E-state index contributed by atoms with van der Waals surface area (Å²) < 4.78 is 2.35. The molecule has 0 aliphatic rings. The smallest absolute Gasteiger partial charge is 0.276 e. The first kappa shape index (κ1) is 18.3. The SMILES string of the molecule is CCCCCn1nc(C(=O)Nc2ccc(Br)cc2)c2ccccc2c1=O. The van der Waals surface area contributed by atoms with Crippen molar-refractivity contribution in [3.8, 4) is 0 Å². The molecule has 0 saturated heterocycles. The van der Waals surface area contributed by atoms with Crippen LogP contribution in [0.25, 0.3) is 10.8 Å². The van der Waals surface area contributed by atoms with Crippen LogP contribution in [0.1, 0.15) is 36.7 Å². The molecule has 1 aromatic heterocycles. The Morgan fingerprint density at radius 1 is 1.08 bits per heavy atom. The van der Waals surface area contributed by atoms with E-state index in [2.05, 4.69) is 33.3 Å². The van der Waals surface area contributed by atoms with Crippen LogP contribution < -0.4 is 10.9 Å². The molecule has 134 valence electrons. The molecule has 3 aromatic rings. The Morgan fingerprint density at radius 3 is 2.46 bits per heavy atom. The molecule has 3 rings (SSSR count). The number of nitrogens with zero attached hydrogens (tertiary/aromatic N) is 2. The second kappa shape index (κ2) is 8.27. The van der Waals surface area contributed by atoms with Crippen molar-refractivity contribution in [2.24, 2.45) is 0 Å². The standard InChI is InChI=1S/C20H20BrN3O2/c1-2-3-6-13-24-20(26)17-8-5-4-7-16(17)18(23-24)19(25)22-15-11-9-14(21)10-12-15/h4-5,7-12H,2-3,6,13H2,1H3,(H,22,25). The van der Waals surface area contributed by atoms with E-state index in [4.69, 9.17) is 0 Å². The van der Waals surface area contributed by atoms with Crippen LogP contribution in [-0.4, -0.2) is 15.7 Å². The number of fused-ring (bicyclic) bond motifs is 1. The fourth-order valence-corrected chi connectivity index (χ4v) is 3.05. The molecule has 1 N–H and O–H groups in total. The number of carbonyl (C=O) groups is 1. The Labute approximate surface area is 160 Å². The highest BCUT2D eigenvalue weighted by Gasteiger charge is 2.16. The van der Waals surface area contributed by atoms with Gasteiger partial charge in [0.25, 0.3) is 11.5 Å². The number of hydrogen-bond acceptors (Lipinski definition) is 3. The second-order valence-corrected chi connectivity index (χ2v) is 7.01. The largest absolute Gasteiger partial charge is 0.321 e. The van der Waals surface area contributed by atoms with Crippen LogP contribution in [0, 0.1) is 0 Å². The van der Waals surface area contributed by atoms with E-state index in [-0.39, 0.29) is 17.2 Å². The molecule has 26 heavy (non-hydrogen) atoms. The first-order valence-corrected chi connectivity index (χ1v) is 9.46. The van der Waals surface area contributed by atoms with Crippen LogP contribution in [0.2, 0.25) is 0 Å². The van der Waals surface area contributed by atoms with Crippen molar-refractivity contribution in [3.63, 3.8) is 0 Å². The molecule has 0 atom stereocenters. The van der Waals surface area contributed by atoms with E-state index < -0.39 is 0 Å². The maximum atomic E-state index is 12.8. The van der Waals surface area contributed by atoms with Crippen LogP contribution in [-0.2, 0) is 6.54 Å². The average molecular weight is 414 g/mol. The van der Waals surface area contributed by atoms with Crippen molar-refractivity contribution in [1.29, 1.82) is 0 Å². The van der Waals surface area contributed by atoms with Gasteiger partial charge in [0.05, 0.1) is 5.39 Å². The zero-order valence-corrected chi connectivity index (χ0v) is 16.1. The summed E-state index contributed by atoms with van der Waals surface area (Å²) in [6, 6.07) is 14.4. The highest BCUT2D eigenvalue weighted by Crippen LogP contribution is 2.18. The van der Waals surface area contributed by atoms with Crippen LogP contribution in [0.5, 0.6) is 0 Å². The molecule has 0 radical (unpaired) electrons. The fraction of sp³-hybridized carbons (Fsp3) is 0.250. The van der Waals surface area contributed by atoms with Crippen LogP contribution >= 0.6 is 15.9 Å². The Hall–Kier alpha value is -2.47. The van der Waals surface area contributed by atoms with E-state index in [9.17, 15) is 9.59 Å². The molecule has 1 heterocycles. The molecule has 0 spiro atoms. The van der Waals surface area contributed by atoms with Gasteiger partial charge in [0.1, 0.15) is 0 Å². The number of halogens is 1. The number of benzene rings is 2. The second-order valence-electron chi connectivity index (χ2n) is 6.09. The number of anilines is 1. The summed E-state index contributed by atoms with van der Waals surface area (Å²) in [7, 11) is 0. The normalized spacial score (nSPS) is 10.8. The van der Waals surface area contributed by atoms with E-state index in [0.29, 0.717) is 23.0 Å². The van der Waals surface area contributed by atoms with Crippen LogP contribution in [0.3, 0.4) is 0 Å². The fourth-order valence-electron chi connectivity index (χ4n) is 2.79. The number of rotatable bonds is 6. The molecule has 6 heteroatoms. The number of aryl methyl sites for hydroxylation is 1. The lowest BCUT2D eigenvalue weighted by Crippen LogP contribution is -2.27. The number of carbonyl (C=O) groups excluding carboxylic acids is 1. The molecule has 0 fully saturated rings. The topological polar surface area (TPSA) is 64.0 Å². The highest BCUT2D eigenvalue weighted by atomic mass is 79.9. The lowest BCUT2D eigenvalue weighted by atomic mass is 10.1. The summed E-state index contributed by atoms with van der Waals surface area (Å²) in [5.41, 5.74) is 0.782. The minimum atomic E-state index is -0.326. The molecule has 5 nitrogen and oxygen atoms in total. The molecular formula is C20H20BrN3O2. The van der Waals surface area contributed by atoms with Gasteiger partial charge in [-0.1, -0.05) is 53.9 Å². The van der Waals surface area contributed by atoms with Gasteiger partial charge in [-0.15, -0.1) is 0 Å². The maximum absolute atomic E-state index is 12.8. The monoisotopic (exact) mass is 413 g/mol. The summed E-state index contributed by atoms with van der Waals surface area (Å²) in [4.78, 5) is 25.5. The molecule has 0 unspecified atom stereocenters. The van der Waals surface area contributed by atoms with Crippen molar-refractivity contribution in [2.45, 2.75) is 32.7 Å². The van der Waals surface area contributed by atoms with Gasteiger partial charge in [-0.2, -0.15) is 5.10 Å². The Kier molecular flexibility index (Phi) is 5.83. The molecule has 0 saturated carbocycles. The minimum absolute atomic E-state index is 0.156. The average Bonchev–Trinajstić information content (AvgIpc) is 2.65. The number of hydrogen-bond donors (Lipinski definition) is 1. The molecule has 2 aromatic carbocycles. The molecule has 0 aliphatic carbocycles. The first-order valence-electron chi connectivity index (χ1n) is 8.67. The summed E-state index contributed by atoms with van der Waals surface area (Å²) in [5, 5.41) is 8.30. The molecule has 0 bridgehead atoms. The Morgan fingerprint density at radius 2 is 1.77 bits per heavy atom. The van der Waals surface area contributed by atoms with Gasteiger partial charge in [-0.25, -0.2) is 4.68 Å². The number of nitrogens with one attached hydrogen (secondary N) is 1. The van der Waals surface area contributed by atoms with Crippen molar-refractivity contribution < 1.29 is 4.79 Å². The van der Waals surface area contributed by atoms with Gasteiger partial charge in [0, 0.05) is 22.1 Å². The van der Waals surface area contributed by atoms with Gasteiger partial charge in [-0.05, 0) is 36.8 Å². The van der Waals surface area contributed by atoms with Crippen molar-refractivity contribution in [2.75, 3.05) is 5.32 Å². The highest BCUT2D eigenvalue weighted by molar-refractivity contribution is 9.10. The summed E-state index contributed by atoms with van der Waals surface area (Å²) in [6.07, 6.45) is 2.93.